The lowest BCUT2D eigenvalue weighted by atomic mass is 9.93. The molecule has 0 amide bonds. The molecule has 3 aromatic rings. The minimum Gasteiger partial charge on any atom is -0.496 e. The van der Waals surface area contributed by atoms with Crippen LogP contribution in [0.4, 0.5) is 5.69 Å². The van der Waals surface area contributed by atoms with Gasteiger partial charge in [0, 0.05) is 55.4 Å². The van der Waals surface area contributed by atoms with Gasteiger partial charge in [-0.25, -0.2) is 18.1 Å². The van der Waals surface area contributed by atoms with Gasteiger partial charge in [-0.1, -0.05) is 11.6 Å². The molecule has 1 aromatic carbocycles. The van der Waals surface area contributed by atoms with Crippen LogP contribution in [0.25, 0.3) is 16.9 Å². The number of aromatic nitrogens is 2. The molecule has 1 aliphatic rings. The van der Waals surface area contributed by atoms with E-state index in [9.17, 15) is 8.42 Å². The van der Waals surface area contributed by atoms with E-state index in [1.807, 2.05) is 22.9 Å². The summed E-state index contributed by atoms with van der Waals surface area (Å²) in [6.07, 6.45) is 6.94. The van der Waals surface area contributed by atoms with Crippen LogP contribution < -0.4 is 19.1 Å². The van der Waals surface area contributed by atoms with Gasteiger partial charge >= 0.3 is 0 Å². The zero-order valence-corrected chi connectivity index (χ0v) is 19.7. The summed E-state index contributed by atoms with van der Waals surface area (Å²) in [6.45, 7) is 2.41. The molecule has 10 heteroatoms. The lowest BCUT2D eigenvalue weighted by molar-refractivity contribution is 0.382. The molecule has 0 atom stereocenters. The number of pyridine rings is 1. The van der Waals surface area contributed by atoms with Crippen molar-refractivity contribution < 1.29 is 17.9 Å². The maximum Gasteiger partial charge on any atom is 0.201 e. The van der Waals surface area contributed by atoms with E-state index in [1.165, 1.54) is 0 Å². The number of rotatable bonds is 8. The van der Waals surface area contributed by atoms with Gasteiger partial charge in [0.25, 0.3) is 0 Å². The third-order valence-corrected chi connectivity index (χ3v) is 6.74. The molecule has 8 nitrogen and oxygen atoms in total. The van der Waals surface area contributed by atoms with Gasteiger partial charge in [-0.2, -0.15) is 0 Å². The fourth-order valence-corrected chi connectivity index (χ4v) is 4.75. The molecule has 4 rings (SSSR count). The first-order chi connectivity index (χ1) is 15.5. The Labute approximate surface area is 194 Å². The number of anilines is 1. The Bertz CT molecular complexity index is 1160. The van der Waals surface area contributed by atoms with E-state index in [4.69, 9.17) is 26.1 Å². The van der Waals surface area contributed by atoms with Crippen molar-refractivity contribution in [1.82, 2.24) is 14.1 Å². The summed E-state index contributed by atoms with van der Waals surface area (Å²) in [5.41, 5.74) is 3.55. The number of imidazole rings is 1. The molecule has 1 saturated heterocycles. The normalized spacial score (nSPS) is 14.9. The fraction of sp³-hybridized carbons (Fsp3) is 0.409. The predicted octanol–water partition coefficient (Wildman–Crippen LogP) is 3.39. The minimum atomic E-state index is -2.50. The summed E-state index contributed by atoms with van der Waals surface area (Å²) in [4.78, 5) is 7.17. The number of nitrogens with one attached hydrogen (secondary N) is 1. The maximum absolute atomic E-state index is 10.6. The fourth-order valence-electron chi connectivity index (χ4n) is 4.20. The SMILES string of the molecule is COc1cc(OC)c(-c2cn3ccc(N4CCC(CCN[SH](=O)=O)CC4)cc3n2)cc1Cl. The quantitative estimate of drug-likeness (QED) is 0.483. The van der Waals surface area contributed by atoms with Crippen LogP contribution >= 0.6 is 11.6 Å². The van der Waals surface area contributed by atoms with Gasteiger partial charge in [0.1, 0.15) is 17.1 Å². The molecular weight excluding hydrogens is 452 g/mol. The molecule has 1 N–H and O–H groups in total. The zero-order chi connectivity index (χ0) is 22.7. The average molecular weight is 479 g/mol. The van der Waals surface area contributed by atoms with Crippen LogP contribution in [0, 0.1) is 5.92 Å². The Balaban J connectivity index is 1.50. The Morgan fingerprint density at radius 3 is 2.59 bits per heavy atom. The number of methoxy groups -OCH3 is 2. The van der Waals surface area contributed by atoms with Crippen molar-refractivity contribution in [2.75, 3.05) is 38.8 Å². The Morgan fingerprint density at radius 1 is 1.16 bits per heavy atom. The van der Waals surface area contributed by atoms with Crippen LogP contribution in [0.3, 0.4) is 0 Å². The number of hydrogen-bond acceptors (Lipinski definition) is 6. The highest BCUT2D eigenvalue weighted by atomic mass is 35.5. The highest BCUT2D eigenvalue weighted by Gasteiger charge is 2.20. The Hall–Kier alpha value is -2.49. The number of halogens is 1. The molecule has 0 radical (unpaired) electrons. The molecule has 172 valence electrons. The molecule has 3 heterocycles. The van der Waals surface area contributed by atoms with Gasteiger partial charge in [0.2, 0.25) is 10.9 Å². The van der Waals surface area contributed by atoms with E-state index in [2.05, 4.69) is 21.8 Å². The molecular formula is C22H27ClN4O4S. The number of benzene rings is 1. The number of piperidine rings is 1. The molecule has 1 aliphatic heterocycles. The van der Waals surface area contributed by atoms with Crippen molar-refractivity contribution in [1.29, 1.82) is 0 Å². The van der Waals surface area contributed by atoms with Crippen molar-refractivity contribution in [3.05, 3.63) is 41.7 Å². The third-order valence-electron chi connectivity index (χ3n) is 5.97. The predicted molar refractivity (Wildman–Crippen MR) is 127 cm³/mol. The number of fused-ring (bicyclic) bond motifs is 1. The average Bonchev–Trinajstić information content (AvgIpc) is 3.22. The zero-order valence-electron chi connectivity index (χ0n) is 18.1. The van der Waals surface area contributed by atoms with Gasteiger partial charge < -0.3 is 18.8 Å². The summed E-state index contributed by atoms with van der Waals surface area (Å²) < 4.78 is 36.6. The minimum absolute atomic E-state index is 0.501. The largest absolute Gasteiger partial charge is 0.496 e. The molecule has 2 aromatic heterocycles. The second-order valence-corrected chi connectivity index (χ2v) is 9.09. The monoisotopic (exact) mass is 478 g/mol. The maximum atomic E-state index is 10.6. The van der Waals surface area contributed by atoms with E-state index < -0.39 is 10.9 Å². The Kier molecular flexibility index (Phi) is 7.07. The second-order valence-electron chi connectivity index (χ2n) is 7.85. The molecule has 32 heavy (non-hydrogen) atoms. The smallest absolute Gasteiger partial charge is 0.201 e. The van der Waals surface area contributed by atoms with Crippen LogP contribution in [0.15, 0.2) is 36.7 Å². The van der Waals surface area contributed by atoms with Crippen LogP contribution in [0.5, 0.6) is 11.5 Å². The number of nitrogens with zero attached hydrogens (tertiary/aromatic N) is 3. The van der Waals surface area contributed by atoms with Crippen LogP contribution in [0.1, 0.15) is 19.3 Å². The first-order valence-corrected chi connectivity index (χ1v) is 12.1. The van der Waals surface area contributed by atoms with Gasteiger partial charge in [0.05, 0.1) is 24.9 Å². The molecule has 0 spiro atoms. The topological polar surface area (TPSA) is 85.2 Å². The van der Waals surface area contributed by atoms with E-state index in [0.29, 0.717) is 29.0 Å². The van der Waals surface area contributed by atoms with Gasteiger partial charge in [-0.3, -0.25) is 0 Å². The highest BCUT2D eigenvalue weighted by molar-refractivity contribution is 7.70. The van der Waals surface area contributed by atoms with Crippen LogP contribution in [-0.2, 0) is 10.9 Å². The molecule has 0 saturated carbocycles. The standard InChI is InChI=1S/C22H27ClN4O4S/c1-30-20-13-21(31-2)18(23)12-17(20)19-14-27-10-6-16(11-22(27)25-19)26-8-4-15(5-9-26)3-7-24-32(28)29/h6,10-15,32H,3-5,7-9H2,1-2H3,(H,24,28,29). The van der Waals surface area contributed by atoms with Gasteiger partial charge in [0.15, 0.2) is 0 Å². The van der Waals surface area contributed by atoms with Crippen molar-refractivity contribution in [3.8, 4) is 22.8 Å². The van der Waals surface area contributed by atoms with E-state index in [0.717, 1.165) is 54.9 Å². The lowest BCUT2D eigenvalue weighted by Gasteiger charge is -2.33. The second kappa shape index (κ2) is 9.97. The third kappa shape index (κ3) is 4.95. The summed E-state index contributed by atoms with van der Waals surface area (Å²) in [6, 6.07) is 7.76. The van der Waals surface area contributed by atoms with Crippen molar-refractivity contribution in [3.63, 3.8) is 0 Å². The molecule has 0 bridgehead atoms. The summed E-state index contributed by atoms with van der Waals surface area (Å²) >= 11 is 6.34. The first-order valence-electron chi connectivity index (χ1n) is 10.5. The van der Waals surface area contributed by atoms with Crippen molar-refractivity contribution in [2.24, 2.45) is 5.92 Å². The number of thiol groups is 1. The summed E-state index contributed by atoms with van der Waals surface area (Å²) in [5.74, 6) is 1.75. The van der Waals surface area contributed by atoms with Gasteiger partial charge in [-0.15, -0.1) is 0 Å². The van der Waals surface area contributed by atoms with E-state index in [1.54, 1.807) is 20.3 Å². The Morgan fingerprint density at radius 2 is 1.91 bits per heavy atom. The summed E-state index contributed by atoms with van der Waals surface area (Å²) in [7, 11) is 0.679. The van der Waals surface area contributed by atoms with Crippen LogP contribution in [-0.4, -0.2) is 51.7 Å². The van der Waals surface area contributed by atoms with Gasteiger partial charge in [-0.05, 0) is 37.3 Å². The highest BCUT2D eigenvalue weighted by Crippen LogP contribution is 2.38. The number of hydrogen-bond donors (Lipinski definition) is 2. The molecule has 0 aliphatic carbocycles. The van der Waals surface area contributed by atoms with Crippen molar-refractivity contribution >= 4 is 33.8 Å². The lowest BCUT2D eigenvalue weighted by Crippen LogP contribution is -2.34. The van der Waals surface area contributed by atoms with Crippen LogP contribution in [0.2, 0.25) is 5.02 Å². The van der Waals surface area contributed by atoms with Crippen molar-refractivity contribution in [2.45, 2.75) is 19.3 Å². The van der Waals surface area contributed by atoms with E-state index in [-0.39, 0.29) is 0 Å². The molecule has 0 unspecified atom stereocenters. The molecule has 1 fully saturated rings. The number of ether oxygens (including phenoxy) is 2. The van der Waals surface area contributed by atoms with E-state index >= 15 is 0 Å². The summed E-state index contributed by atoms with van der Waals surface area (Å²) in [5, 5.41) is 0.501. The first kappa shape index (κ1) is 22.7.